The molecule has 27 nitrogen and oxygen atoms in total. The standard InChI is InChI=1S/C23H34N6O4S.C22H30N6O4S.C22H19N3O4/c1-6-10-20-25-16(5)21-23(30)26-22(27-29(20)21)18-15-17(11-12-19(18)33-9-4)34(31,32)28(8-3)14-13-24-7-2;1-5-7-17-19-20(27(4)25-17)22(29)24-21(23-19)16-14-15(8-9-18(16)32-6-2)33(30,31)28-12-10-26(3)11-13-28;1-24-10-19(26)25-16(22(24)27)9-14-13-4-2-3-5-15(13)23-20(14)21(25)12-6-7-17-18(8-12)29-11-28-17/h11-12,15,24H,6-10,13-14H2,1-5H3,(H,26,27,30);8-9,14H,5-7,10-13H2,1-4H3,(H,23,24,29);2-8,16,21,23H,9-11H2,1H3/t;;16-,21-/m..1/s1. The van der Waals surface area contributed by atoms with Crippen molar-refractivity contribution in [3.8, 4) is 45.8 Å². The van der Waals surface area contributed by atoms with Crippen LogP contribution >= 0.6 is 0 Å². The molecule has 4 N–H and O–H groups in total. The zero-order valence-corrected chi connectivity index (χ0v) is 57.4. The first kappa shape index (κ1) is 68.4. The van der Waals surface area contributed by atoms with Crippen LogP contribution in [0.5, 0.6) is 23.0 Å². The Morgan fingerprint density at radius 3 is 2.08 bits per heavy atom. The molecular formula is C67H83N15O12S2. The van der Waals surface area contributed by atoms with Gasteiger partial charge in [-0.3, -0.25) is 23.9 Å². The van der Waals surface area contributed by atoms with Crippen molar-refractivity contribution in [1.29, 1.82) is 0 Å². The Balaban J connectivity index is 0.000000147. The molecule has 13 rings (SSSR count). The van der Waals surface area contributed by atoms with Crippen LogP contribution in [0.2, 0.25) is 0 Å². The van der Waals surface area contributed by atoms with Crippen LogP contribution in [0, 0.1) is 6.92 Å². The van der Waals surface area contributed by atoms with Gasteiger partial charge in [-0.15, -0.1) is 5.10 Å². The molecule has 2 saturated heterocycles. The number of carbonyl (C=O) groups is 2. The second-order valence-electron chi connectivity index (χ2n) is 23.9. The molecule has 2 amide bonds. The Labute approximate surface area is 556 Å². The molecule has 9 aromatic rings. The van der Waals surface area contributed by atoms with Crippen molar-refractivity contribution in [2.24, 2.45) is 7.05 Å². The number of imidazole rings is 1. The van der Waals surface area contributed by atoms with E-state index >= 15 is 0 Å². The summed E-state index contributed by atoms with van der Waals surface area (Å²) in [6.45, 7) is 18.6. The summed E-state index contributed by atoms with van der Waals surface area (Å²) < 4.78 is 82.0. The number of fused-ring (bicyclic) bond motifs is 7. The number of nitrogens with zero attached hydrogens (tertiary/aromatic N) is 11. The van der Waals surface area contributed by atoms with E-state index in [1.807, 2.05) is 85.0 Å². The summed E-state index contributed by atoms with van der Waals surface area (Å²) in [4.78, 5) is 75.9. The van der Waals surface area contributed by atoms with Crippen LogP contribution in [0.3, 0.4) is 0 Å². The lowest BCUT2D eigenvalue weighted by Crippen LogP contribution is -2.62. The van der Waals surface area contributed by atoms with E-state index in [0.717, 1.165) is 52.8 Å². The third-order valence-corrected chi connectivity index (χ3v) is 21.4. The normalized spacial score (nSPS) is 16.6. The fraction of sp³-hybridized carbons (Fsp3) is 0.433. The maximum atomic E-state index is 13.4. The number of piperazine rings is 2. The molecule has 4 aliphatic heterocycles. The number of H-pyrrole nitrogens is 3. The van der Waals surface area contributed by atoms with Crippen LogP contribution in [0.25, 0.3) is 50.2 Å². The topological polar surface area (TPSA) is 310 Å². The summed E-state index contributed by atoms with van der Waals surface area (Å²) in [6.07, 6.45) is 3.56. The van der Waals surface area contributed by atoms with Gasteiger partial charge in [0, 0.05) is 89.3 Å². The third kappa shape index (κ3) is 13.3. The van der Waals surface area contributed by atoms with Gasteiger partial charge in [0.2, 0.25) is 38.7 Å². The van der Waals surface area contributed by atoms with Gasteiger partial charge in [0.15, 0.2) is 28.4 Å². The Bertz CT molecular complexity index is 4750. The van der Waals surface area contributed by atoms with Gasteiger partial charge in [-0.25, -0.2) is 31.3 Å². The van der Waals surface area contributed by atoms with Crippen LogP contribution < -0.4 is 35.4 Å². The van der Waals surface area contributed by atoms with Crippen molar-refractivity contribution in [2.45, 2.75) is 102 Å². The number of nitrogens with one attached hydrogen (secondary N) is 4. The van der Waals surface area contributed by atoms with Crippen molar-refractivity contribution in [3.05, 3.63) is 134 Å². The Morgan fingerprint density at radius 1 is 0.719 bits per heavy atom. The number of ether oxygens (including phenoxy) is 4. The van der Waals surface area contributed by atoms with Crippen molar-refractivity contribution in [2.75, 3.05) is 93.0 Å². The van der Waals surface area contributed by atoms with E-state index in [1.54, 1.807) is 54.7 Å². The quantitative estimate of drug-likeness (QED) is 0.0618. The average molecular weight is 1350 g/mol. The highest BCUT2D eigenvalue weighted by Crippen LogP contribution is 2.45. The molecule has 0 saturated carbocycles. The number of aromatic amines is 3. The smallest absolute Gasteiger partial charge is 0.277 e. The van der Waals surface area contributed by atoms with Gasteiger partial charge < -0.3 is 53.9 Å². The zero-order valence-electron chi connectivity index (χ0n) is 55.8. The summed E-state index contributed by atoms with van der Waals surface area (Å²) in [7, 11) is -2.08. The number of para-hydroxylation sites is 1. The number of hydrogen-bond donors (Lipinski definition) is 4. The summed E-state index contributed by atoms with van der Waals surface area (Å²) in [5.41, 5.74) is 6.77. The van der Waals surface area contributed by atoms with Gasteiger partial charge in [0.25, 0.3) is 11.1 Å². The molecule has 9 heterocycles. The van der Waals surface area contributed by atoms with Gasteiger partial charge in [-0.2, -0.15) is 13.7 Å². The molecule has 29 heteroatoms. The van der Waals surface area contributed by atoms with Crippen LogP contribution in [-0.4, -0.2) is 195 Å². The molecule has 96 heavy (non-hydrogen) atoms. The summed E-state index contributed by atoms with van der Waals surface area (Å²) in [5.74, 6) is 3.35. The van der Waals surface area contributed by atoms with Crippen molar-refractivity contribution >= 4 is 59.3 Å². The van der Waals surface area contributed by atoms with E-state index in [0.29, 0.717) is 140 Å². The average Bonchev–Trinajstić information content (AvgIpc) is 1.46. The van der Waals surface area contributed by atoms with E-state index in [1.165, 1.54) is 30.3 Å². The number of sulfonamides is 2. The largest absolute Gasteiger partial charge is 0.493 e. The minimum absolute atomic E-state index is 0.0220. The highest BCUT2D eigenvalue weighted by Gasteiger charge is 2.48. The second kappa shape index (κ2) is 28.8. The lowest BCUT2D eigenvalue weighted by molar-refractivity contribution is -0.157. The number of benzene rings is 4. The zero-order chi connectivity index (χ0) is 68.3. The summed E-state index contributed by atoms with van der Waals surface area (Å²) in [6, 6.07) is 22.3. The lowest BCUT2D eigenvalue weighted by Gasteiger charge is -2.46. The van der Waals surface area contributed by atoms with Crippen molar-refractivity contribution in [3.63, 3.8) is 0 Å². The molecular weight excluding hydrogens is 1270 g/mol. The summed E-state index contributed by atoms with van der Waals surface area (Å²) >= 11 is 0. The second-order valence-corrected chi connectivity index (χ2v) is 27.8. The molecule has 510 valence electrons. The molecule has 0 bridgehead atoms. The van der Waals surface area contributed by atoms with Gasteiger partial charge >= 0.3 is 0 Å². The molecule has 4 aromatic carbocycles. The SMILES string of the molecule is CCCc1nc(C)c2c(=O)[nH]c(-c3cc(S(=O)(=O)N(CC)CCNCC)ccc3OCC)nn12.CCCc1nn(C)c2c(=O)[nH]c(-c3cc(S(=O)(=O)N4CCN(C)CC4)ccc3OCC)nc12.CN1CC(=O)N2[C@H](c3ccc4c(c3)OCO4)c3[nH]c4ccccc4c3C[C@@H]2C1=O. The monoisotopic (exact) mass is 1350 g/mol. The predicted molar refractivity (Wildman–Crippen MR) is 363 cm³/mol. The molecule has 2 atom stereocenters. The van der Waals surface area contributed by atoms with E-state index in [-0.39, 0.29) is 63.8 Å². The number of aromatic nitrogens is 9. The van der Waals surface area contributed by atoms with Crippen LogP contribution in [0.1, 0.15) is 94.5 Å². The minimum atomic E-state index is -3.76. The first-order valence-electron chi connectivity index (χ1n) is 32.6. The maximum Gasteiger partial charge on any atom is 0.277 e. The van der Waals surface area contributed by atoms with Gasteiger partial charge in [-0.05, 0) is 113 Å². The molecule has 0 aliphatic carbocycles. The molecule has 4 aliphatic rings. The molecule has 2 fully saturated rings. The number of likely N-dealkylation sites (N-methyl/N-ethyl adjacent to an activating group) is 4. The van der Waals surface area contributed by atoms with Crippen LogP contribution in [0.15, 0.2) is 98.2 Å². The number of hydrogen-bond acceptors (Lipinski definition) is 18. The van der Waals surface area contributed by atoms with Gasteiger partial charge in [0.1, 0.15) is 34.7 Å². The Morgan fingerprint density at radius 2 is 1.39 bits per heavy atom. The molecule has 0 unspecified atom stereocenters. The van der Waals surface area contributed by atoms with Crippen molar-refractivity contribution in [1.82, 2.24) is 72.9 Å². The molecule has 0 radical (unpaired) electrons. The van der Waals surface area contributed by atoms with Crippen molar-refractivity contribution < 1.29 is 45.4 Å². The van der Waals surface area contributed by atoms with E-state index in [4.69, 9.17) is 23.9 Å². The van der Waals surface area contributed by atoms with Gasteiger partial charge in [-0.1, -0.05) is 58.4 Å². The molecule has 0 spiro atoms. The number of amides is 2. The Kier molecular flexibility index (Phi) is 20.5. The number of rotatable bonds is 20. The fourth-order valence-corrected chi connectivity index (χ4v) is 15.7. The van der Waals surface area contributed by atoms with Crippen LogP contribution in [-0.2, 0) is 55.9 Å². The highest BCUT2D eigenvalue weighted by molar-refractivity contribution is 7.89. The first-order chi connectivity index (χ1) is 46.1. The third-order valence-electron chi connectivity index (χ3n) is 17.5. The Hall–Kier alpha value is -9.00. The van der Waals surface area contributed by atoms with E-state index < -0.39 is 26.1 Å². The minimum Gasteiger partial charge on any atom is -0.493 e. The number of carbonyl (C=O) groups excluding carboxylic acids is 2. The van der Waals surface area contributed by atoms with Gasteiger partial charge in [0.05, 0.1) is 58.1 Å². The maximum absolute atomic E-state index is 13.4. The number of aryl methyl sites for hydroxylation is 4. The first-order valence-corrected chi connectivity index (χ1v) is 35.5. The highest BCUT2D eigenvalue weighted by atomic mass is 32.2. The van der Waals surface area contributed by atoms with Crippen LogP contribution in [0.4, 0.5) is 0 Å². The fourth-order valence-electron chi connectivity index (χ4n) is 12.8. The molecule has 5 aromatic heterocycles. The lowest BCUT2D eigenvalue weighted by atomic mass is 9.86. The van der Waals surface area contributed by atoms with E-state index in [2.05, 4.69) is 46.4 Å². The predicted octanol–water partition coefficient (Wildman–Crippen LogP) is 6.19. The summed E-state index contributed by atoms with van der Waals surface area (Å²) in [5, 5.41) is 13.3. The van der Waals surface area contributed by atoms with E-state index in [9.17, 15) is 36.0 Å².